The molecular weight excluding hydrogens is 350 g/mol. The quantitative estimate of drug-likeness (QED) is 0.858. The predicted octanol–water partition coefficient (Wildman–Crippen LogP) is 2.71. The van der Waals surface area contributed by atoms with Crippen molar-refractivity contribution in [3.8, 4) is 0 Å². The molecule has 2 amide bonds. The zero-order chi connectivity index (χ0) is 18.7. The van der Waals surface area contributed by atoms with Gasteiger partial charge in [0.1, 0.15) is 0 Å². The van der Waals surface area contributed by atoms with Crippen molar-refractivity contribution in [1.82, 2.24) is 15.1 Å². The standard InChI is InChI=1S/C20H28ClN3O2/c1-3-24-18(25)12-16(19(24)15-6-4-5-7-17(15)21)20(26)22-13-14-8-10-23(2)11-9-14/h4-7,14,16,19H,3,8-13H2,1-2H3,(H,22,26)/t16-,19+/m1/s1. The number of carbonyl (C=O) groups is 2. The Kier molecular flexibility index (Phi) is 6.20. The van der Waals surface area contributed by atoms with Gasteiger partial charge in [-0.1, -0.05) is 29.8 Å². The van der Waals surface area contributed by atoms with E-state index in [0.29, 0.717) is 24.0 Å². The van der Waals surface area contributed by atoms with Crippen LogP contribution in [0.1, 0.15) is 37.8 Å². The summed E-state index contributed by atoms with van der Waals surface area (Å²) in [4.78, 5) is 29.5. The van der Waals surface area contributed by atoms with E-state index in [1.54, 1.807) is 4.90 Å². The number of hydrogen-bond acceptors (Lipinski definition) is 3. The molecule has 1 aromatic carbocycles. The third-order valence-corrected chi connectivity index (χ3v) is 6.08. The molecule has 0 unspecified atom stereocenters. The second kappa shape index (κ2) is 8.40. The van der Waals surface area contributed by atoms with Crippen LogP contribution in [0.3, 0.4) is 0 Å². The van der Waals surface area contributed by atoms with Crippen LogP contribution in [-0.2, 0) is 9.59 Å². The van der Waals surface area contributed by atoms with E-state index in [1.807, 2.05) is 31.2 Å². The van der Waals surface area contributed by atoms with Gasteiger partial charge in [-0.3, -0.25) is 9.59 Å². The lowest BCUT2D eigenvalue weighted by atomic mass is 9.92. The van der Waals surface area contributed by atoms with E-state index in [1.165, 1.54) is 0 Å². The average molecular weight is 378 g/mol. The van der Waals surface area contributed by atoms with Gasteiger partial charge in [-0.05, 0) is 57.5 Å². The van der Waals surface area contributed by atoms with Crippen LogP contribution in [-0.4, -0.2) is 54.8 Å². The van der Waals surface area contributed by atoms with Gasteiger partial charge in [0.05, 0.1) is 12.0 Å². The van der Waals surface area contributed by atoms with Crippen molar-refractivity contribution in [2.75, 3.05) is 33.2 Å². The van der Waals surface area contributed by atoms with Gasteiger partial charge >= 0.3 is 0 Å². The molecule has 0 radical (unpaired) electrons. The van der Waals surface area contributed by atoms with Gasteiger partial charge < -0.3 is 15.1 Å². The van der Waals surface area contributed by atoms with Gasteiger partial charge in [0.2, 0.25) is 11.8 Å². The molecule has 2 heterocycles. The normalized spacial score (nSPS) is 24.9. The van der Waals surface area contributed by atoms with Gasteiger partial charge in [-0.15, -0.1) is 0 Å². The topological polar surface area (TPSA) is 52.7 Å². The fourth-order valence-electron chi connectivity index (χ4n) is 4.14. The smallest absolute Gasteiger partial charge is 0.226 e. The summed E-state index contributed by atoms with van der Waals surface area (Å²) >= 11 is 6.38. The highest BCUT2D eigenvalue weighted by molar-refractivity contribution is 6.31. The van der Waals surface area contributed by atoms with Crippen LogP contribution in [0.5, 0.6) is 0 Å². The first kappa shape index (κ1) is 19.2. The molecule has 0 aromatic heterocycles. The van der Waals surface area contributed by atoms with Crippen molar-refractivity contribution in [3.63, 3.8) is 0 Å². The lowest BCUT2D eigenvalue weighted by Gasteiger charge is -2.30. The number of piperidine rings is 1. The van der Waals surface area contributed by atoms with E-state index >= 15 is 0 Å². The Morgan fingerprint density at radius 1 is 1.27 bits per heavy atom. The SMILES string of the molecule is CCN1C(=O)C[C@@H](C(=O)NCC2CCN(C)CC2)[C@@H]1c1ccccc1Cl. The minimum atomic E-state index is -0.381. The summed E-state index contributed by atoms with van der Waals surface area (Å²) < 4.78 is 0. The van der Waals surface area contributed by atoms with Crippen LogP contribution < -0.4 is 5.32 Å². The van der Waals surface area contributed by atoms with Crippen molar-refractivity contribution >= 4 is 23.4 Å². The van der Waals surface area contributed by atoms with Crippen LogP contribution in [0.4, 0.5) is 0 Å². The Labute approximate surface area is 160 Å². The second-order valence-corrected chi connectivity index (χ2v) is 7.86. The van der Waals surface area contributed by atoms with E-state index in [0.717, 1.165) is 31.5 Å². The highest BCUT2D eigenvalue weighted by atomic mass is 35.5. The van der Waals surface area contributed by atoms with Crippen LogP contribution in [0.25, 0.3) is 0 Å². The first-order chi connectivity index (χ1) is 12.5. The maximum atomic E-state index is 12.9. The number of likely N-dealkylation sites (tertiary alicyclic amines) is 2. The number of hydrogen-bond donors (Lipinski definition) is 1. The Morgan fingerprint density at radius 3 is 2.62 bits per heavy atom. The summed E-state index contributed by atoms with van der Waals surface area (Å²) in [6.07, 6.45) is 2.47. The molecule has 2 aliphatic rings. The number of benzene rings is 1. The van der Waals surface area contributed by atoms with E-state index in [-0.39, 0.29) is 30.2 Å². The van der Waals surface area contributed by atoms with Crippen LogP contribution in [0, 0.1) is 11.8 Å². The molecule has 0 aliphatic carbocycles. The number of carbonyl (C=O) groups excluding carboxylic acids is 2. The first-order valence-electron chi connectivity index (χ1n) is 9.51. The van der Waals surface area contributed by atoms with Crippen LogP contribution in [0.2, 0.25) is 5.02 Å². The molecule has 0 saturated carbocycles. The molecule has 26 heavy (non-hydrogen) atoms. The van der Waals surface area contributed by atoms with E-state index in [9.17, 15) is 9.59 Å². The molecule has 0 spiro atoms. The number of nitrogens with one attached hydrogen (secondary N) is 1. The monoisotopic (exact) mass is 377 g/mol. The van der Waals surface area contributed by atoms with Gasteiger partial charge in [-0.2, -0.15) is 0 Å². The van der Waals surface area contributed by atoms with E-state index < -0.39 is 0 Å². The Hall–Kier alpha value is -1.59. The van der Waals surface area contributed by atoms with Crippen molar-refractivity contribution in [3.05, 3.63) is 34.9 Å². The summed E-state index contributed by atoms with van der Waals surface area (Å²) in [5.41, 5.74) is 0.862. The lowest BCUT2D eigenvalue weighted by molar-refractivity contribution is -0.129. The molecule has 1 aromatic rings. The molecular formula is C20H28ClN3O2. The lowest BCUT2D eigenvalue weighted by Crippen LogP contribution is -2.40. The van der Waals surface area contributed by atoms with Gasteiger partial charge in [0, 0.05) is 24.5 Å². The molecule has 142 valence electrons. The highest BCUT2D eigenvalue weighted by Crippen LogP contribution is 2.40. The summed E-state index contributed by atoms with van der Waals surface area (Å²) in [6, 6.07) is 7.24. The predicted molar refractivity (Wildman–Crippen MR) is 103 cm³/mol. The van der Waals surface area contributed by atoms with Crippen molar-refractivity contribution in [2.45, 2.75) is 32.2 Å². The van der Waals surface area contributed by atoms with Crippen molar-refractivity contribution in [2.24, 2.45) is 11.8 Å². The summed E-state index contributed by atoms with van der Waals surface area (Å²) in [5, 5.41) is 3.72. The van der Waals surface area contributed by atoms with Crippen LogP contribution >= 0.6 is 11.6 Å². The van der Waals surface area contributed by atoms with Crippen LogP contribution in [0.15, 0.2) is 24.3 Å². The zero-order valence-electron chi connectivity index (χ0n) is 15.6. The second-order valence-electron chi connectivity index (χ2n) is 7.45. The molecule has 2 fully saturated rings. The number of halogens is 1. The first-order valence-corrected chi connectivity index (χ1v) is 9.89. The molecule has 1 N–H and O–H groups in total. The summed E-state index contributed by atoms with van der Waals surface area (Å²) in [5.74, 6) is 0.136. The minimum Gasteiger partial charge on any atom is -0.355 e. The molecule has 5 nitrogen and oxygen atoms in total. The van der Waals surface area contributed by atoms with Crippen molar-refractivity contribution < 1.29 is 9.59 Å². The summed E-state index contributed by atoms with van der Waals surface area (Å²) in [7, 11) is 2.13. The molecule has 3 rings (SSSR count). The number of amides is 2. The fraction of sp³-hybridized carbons (Fsp3) is 0.600. The zero-order valence-corrected chi connectivity index (χ0v) is 16.3. The Bertz CT molecular complexity index is 658. The maximum absolute atomic E-state index is 12.9. The van der Waals surface area contributed by atoms with E-state index in [4.69, 9.17) is 11.6 Å². The Balaban J connectivity index is 1.71. The largest absolute Gasteiger partial charge is 0.355 e. The average Bonchev–Trinajstić information content (AvgIpc) is 2.97. The molecule has 2 aliphatic heterocycles. The molecule has 2 atom stereocenters. The van der Waals surface area contributed by atoms with Gasteiger partial charge in [-0.25, -0.2) is 0 Å². The van der Waals surface area contributed by atoms with Gasteiger partial charge in [0.25, 0.3) is 0 Å². The third kappa shape index (κ3) is 4.04. The third-order valence-electron chi connectivity index (χ3n) is 5.74. The number of nitrogens with zero attached hydrogens (tertiary/aromatic N) is 2. The number of rotatable bonds is 5. The summed E-state index contributed by atoms with van der Waals surface area (Å²) in [6.45, 7) is 5.37. The van der Waals surface area contributed by atoms with E-state index in [2.05, 4.69) is 17.3 Å². The fourth-order valence-corrected chi connectivity index (χ4v) is 4.39. The maximum Gasteiger partial charge on any atom is 0.226 e. The Morgan fingerprint density at radius 2 is 1.96 bits per heavy atom. The minimum absolute atomic E-state index is 0.0249. The van der Waals surface area contributed by atoms with Crippen molar-refractivity contribution in [1.29, 1.82) is 0 Å². The molecule has 0 bridgehead atoms. The highest BCUT2D eigenvalue weighted by Gasteiger charge is 2.44. The molecule has 2 saturated heterocycles. The molecule has 6 heteroatoms. The van der Waals surface area contributed by atoms with Gasteiger partial charge in [0.15, 0.2) is 0 Å².